The maximum absolute atomic E-state index is 14.7. The minimum atomic E-state index is -0.887. The van der Waals surface area contributed by atoms with Crippen molar-refractivity contribution in [3.8, 4) is 23.3 Å². The summed E-state index contributed by atoms with van der Waals surface area (Å²) in [5.41, 5.74) is 8.19. The van der Waals surface area contributed by atoms with Crippen molar-refractivity contribution in [3.05, 3.63) is 98.1 Å². The van der Waals surface area contributed by atoms with Crippen LogP contribution in [0.2, 0.25) is 10.0 Å². The number of nitriles is 1. The molecule has 0 aromatic heterocycles. The molecule has 0 spiro atoms. The van der Waals surface area contributed by atoms with E-state index in [9.17, 15) is 14.4 Å². The van der Waals surface area contributed by atoms with Crippen molar-refractivity contribution in [1.29, 1.82) is 5.26 Å². The molecule has 0 saturated carbocycles. The van der Waals surface area contributed by atoms with Gasteiger partial charge in [0.05, 0.1) is 5.92 Å². The summed E-state index contributed by atoms with van der Waals surface area (Å²) < 4.78 is 31.2. The van der Waals surface area contributed by atoms with Gasteiger partial charge in [-0.05, 0) is 55.3 Å². The standard InChI is InChI=1S/C26H19Cl2FN2O4/c1-13-8-16(9-14(2)25(13)28)33-12-22(32)34-15-6-7-17-21(10-15)35-26(31)18(11-30)23(17)24-19(27)4-3-5-20(24)29/h3-10,23H,12,31H2,1-2H3. The summed E-state index contributed by atoms with van der Waals surface area (Å²) in [5.74, 6) is -1.46. The molecule has 1 unspecified atom stereocenters. The van der Waals surface area contributed by atoms with E-state index in [0.717, 1.165) is 11.1 Å². The first-order chi connectivity index (χ1) is 16.7. The third-order valence-electron chi connectivity index (χ3n) is 5.48. The van der Waals surface area contributed by atoms with Gasteiger partial charge < -0.3 is 19.9 Å². The second-order valence-corrected chi connectivity index (χ2v) is 8.68. The highest BCUT2D eigenvalue weighted by Gasteiger charge is 2.34. The van der Waals surface area contributed by atoms with Gasteiger partial charge >= 0.3 is 5.97 Å². The number of hydrogen-bond acceptors (Lipinski definition) is 6. The molecule has 0 bridgehead atoms. The van der Waals surface area contributed by atoms with Crippen molar-refractivity contribution in [2.24, 2.45) is 5.73 Å². The van der Waals surface area contributed by atoms with Gasteiger partial charge in [-0.1, -0.05) is 35.3 Å². The summed E-state index contributed by atoms with van der Waals surface area (Å²) in [7, 11) is 0. The molecular weight excluding hydrogens is 494 g/mol. The number of nitrogens with two attached hydrogens (primary N) is 1. The maximum Gasteiger partial charge on any atom is 0.349 e. The normalized spacial score (nSPS) is 14.6. The Kier molecular flexibility index (Phi) is 6.88. The fourth-order valence-electron chi connectivity index (χ4n) is 3.87. The van der Waals surface area contributed by atoms with E-state index in [1.807, 2.05) is 19.9 Å². The Hall–Kier alpha value is -3.73. The molecule has 4 rings (SSSR count). The molecule has 3 aromatic rings. The van der Waals surface area contributed by atoms with E-state index in [-0.39, 0.29) is 40.1 Å². The van der Waals surface area contributed by atoms with Gasteiger partial charge in [-0.15, -0.1) is 0 Å². The molecule has 6 nitrogen and oxygen atoms in total. The van der Waals surface area contributed by atoms with Gasteiger partial charge in [0.25, 0.3) is 0 Å². The average Bonchev–Trinajstić information content (AvgIpc) is 2.80. The van der Waals surface area contributed by atoms with Crippen molar-refractivity contribution in [2.45, 2.75) is 19.8 Å². The molecule has 9 heteroatoms. The van der Waals surface area contributed by atoms with Gasteiger partial charge in [0.1, 0.15) is 34.7 Å². The predicted octanol–water partition coefficient (Wildman–Crippen LogP) is 5.95. The number of benzene rings is 3. The van der Waals surface area contributed by atoms with Crippen LogP contribution in [0.3, 0.4) is 0 Å². The minimum absolute atomic E-state index is 0.0243. The zero-order chi connectivity index (χ0) is 25.3. The molecule has 1 aliphatic rings. The van der Waals surface area contributed by atoms with Gasteiger partial charge in [-0.2, -0.15) is 5.26 Å². The highest BCUT2D eigenvalue weighted by molar-refractivity contribution is 6.32. The summed E-state index contributed by atoms with van der Waals surface area (Å²) in [4.78, 5) is 12.4. The van der Waals surface area contributed by atoms with Crippen molar-refractivity contribution >= 4 is 29.2 Å². The number of hydrogen-bond donors (Lipinski definition) is 1. The SMILES string of the molecule is Cc1cc(OCC(=O)Oc2ccc3c(c2)OC(N)=C(C#N)C3c2c(F)cccc2Cl)cc(C)c1Cl. The molecule has 0 fully saturated rings. The second kappa shape index (κ2) is 9.87. The number of esters is 1. The maximum atomic E-state index is 14.7. The van der Waals surface area contributed by atoms with Crippen LogP contribution in [0, 0.1) is 31.0 Å². The Labute approximate surface area is 211 Å². The van der Waals surface area contributed by atoms with E-state index < -0.39 is 17.7 Å². The first kappa shape index (κ1) is 24.4. The van der Waals surface area contributed by atoms with E-state index in [4.69, 9.17) is 43.1 Å². The van der Waals surface area contributed by atoms with Gasteiger partial charge in [-0.25, -0.2) is 9.18 Å². The monoisotopic (exact) mass is 512 g/mol. The third-order valence-corrected chi connectivity index (χ3v) is 6.40. The summed E-state index contributed by atoms with van der Waals surface area (Å²) >= 11 is 12.4. The van der Waals surface area contributed by atoms with E-state index in [1.165, 1.54) is 30.3 Å². The first-order valence-corrected chi connectivity index (χ1v) is 11.2. The zero-order valence-electron chi connectivity index (χ0n) is 18.7. The van der Waals surface area contributed by atoms with E-state index in [2.05, 4.69) is 0 Å². The topological polar surface area (TPSA) is 94.6 Å². The Bertz CT molecular complexity index is 1370. The summed E-state index contributed by atoms with van der Waals surface area (Å²) in [5, 5.41) is 10.4. The third kappa shape index (κ3) is 4.90. The highest BCUT2D eigenvalue weighted by Crippen LogP contribution is 2.46. The summed E-state index contributed by atoms with van der Waals surface area (Å²) in [6, 6.07) is 14.2. The summed E-state index contributed by atoms with van der Waals surface area (Å²) in [6.07, 6.45) is 0. The second-order valence-electron chi connectivity index (χ2n) is 7.89. The Morgan fingerprint density at radius 3 is 2.51 bits per heavy atom. The lowest BCUT2D eigenvalue weighted by molar-refractivity contribution is -0.136. The lowest BCUT2D eigenvalue weighted by Crippen LogP contribution is -2.22. The molecule has 1 aliphatic heterocycles. The predicted molar refractivity (Wildman–Crippen MR) is 129 cm³/mol. The van der Waals surface area contributed by atoms with Crippen molar-refractivity contribution < 1.29 is 23.4 Å². The van der Waals surface area contributed by atoms with Crippen LogP contribution in [0.5, 0.6) is 17.2 Å². The van der Waals surface area contributed by atoms with Crippen LogP contribution in [0.25, 0.3) is 0 Å². The van der Waals surface area contributed by atoms with Crippen LogP contribution in [-0.2, 0) is 4.79 Å². The smallest absolute Gasteiger partial charge is 0.349 e. The molecule has 0 amide bonds. The van der Waals surface area contributed by atoms with Gasteiger partial charge in [0.15, 0.2) is 6.61 Å². The van der Waals surface area contributed by atoms with Crippen LogP contribution in [0.1, 0.15) is 28.2 Å². The molecule has 2 N–H and O–H groups in total. The number of carbonyl (C=O) groups excluding carboxylic acids is 1. The van der Waals surface area contributed by atoms with E-state index in [0.29, 0.717) is 16.3 Å². The van der Waals surface area contributed by atoms with Crippen LogP contribution < -0.4 is 19.9 Å². The first-order valence-electron chi connectivity index (χ1n) is 10.4. The van der Waals surface area contributed by atoms with Crippen LogP contribution in [0.15, 0.2) is 60.0 Å². The van der Waals surface area contributed by atoms with Crippen LogP contribution in [0.4, 0.5) is 4.39 Å². The fraction of sp³-hybridized carbons (Fsp3) is 0.154. The van der Waals surface area contributed by atoms with Crippen LogP contribution >= 0.6 is 23.2 Å². The van der Waals surface area contributed by atoms with Crippen molar-refractivity contribution in [3.63, 3.8) is 0 Å². The summed E-state index contributed by atoms with van der Waals surface area (Å²) in [6.45, 7) is 3.34. The van der Waals surface area contributed by atoms with E-state index >= 15 is 0 Å². The number of fused-ring (bicyclic) bond motifs is 1. The minimum Gasteiger partial charge on any atom is -0.482 e. The largest absolute Gasteiger partial charge is 0.482 e. The number of allylic oxidation sites excluding steroid dienone is 1. The molecule has 1 heterocycles. The fourth-order valence-corrected chi connectivity index (χ4v) is 4.26. The Morgan fingerprint density at radius 2 is 1.86 bits per heavy atom. The molecular formula is C26H19Cl2FN2O4. The average molecular weight is 513 g/mol. The van der Waals surface area contributed by atoms with E-state index in [1.54, 1.807) is 18.2 Å². The Morgan fingerprint density at radius 1 is 1.14 bits per heavy atom. The van der Waals surface area contributed by atoms with Gasteiger partial charge in [-0.3, -0.25) is 0 Å². The van der Waals surface area contributed by atoms with Gasteiger partial charge in [0, 0.05) is 27.2 Å². The molecule has 35 heavy (non-hydrogen) atoms. The molecule has 0 radical (unpaired) electrons. The molecule has 1 atom stereocenters. The number of ether oxygens (including phenoxy) is 3. The lowest BCUT2D eigenvalue weighted by atomic mass is 9.83. The number of nitrogens with zero attached hydrogens (tertiary/aromatic N) is 1. The quantitative estimate of drug-likeness (QED) is 0.335. The Balaban J connectivity index is 1.57. The molecule has 0 aliphatic carbocycles. The number of carbonyl (C=O) groups is 1. The number of halogens is 3. The zero-order valence-corrected chi connectivity index (χ0v) is 20.2. The van der Waals surface area contributed by atoms with Crippen LogP contribution in [-0.4, -0.2) is 12.6 Å². The molecule has 178 valence electrons. The molecule has 0 saturated heterocycles. The van der Waals surface area contributed by atoms with Crippen molar-refractivity contribution in [2.75, 3.05) is 6.61 Å². The number of rotatable bonds is 5. The number of aryl methyl sites for hydroxylation is 2. The van der Waals surface area contributed by atoms with Gasteiger partial charge in [0.2, 0.25) is 5.88 Å². The lowest BCUT2D eigenvalue weighted by Gasteiger charge is -2.27. The highest BCUT2D eigenvalue weighted by atomic mass is 35.5. The molecule has 3 aromatic carbocycles. The van der Waals surface area contributed by atoms with Crippen molar-refractivity contribution in [1.82, 2.24) is 0 Å².